The van der Waals surface area contributed by atoms with Crippen LogP contribution in [0.5, 0.6) is 0 Å². The maximum absolute atomic E-state index is 9.88. The molecule has 104 valence electrons. The zero-order valence-electron chi connectivity index (χ0n) is 11.9. The molecule has 0 bridgehead atoms. The second kappa shape index (κ2) is 11.0. The Morgan fingerprint density at radius 2 is 1.94 bits per heavy atom. The number of ether oxygens (including phenoxy) is 1. The highest BCUT2D eigenvalue weighted by atomic mass is 16.5. The minimum atomic E-state index is -0.296. The Kier molecular flexibility index (Phi) is 10.9. The Morgan fingerprint density at radius 3 is 2.47 bits per heavy atom. The average molecular weight is 246 g/mol. The van der Waals surface area contributed by atoms with Gasteiger partial charge in [0.15, 0.2) is 0 Å². The number of aliphatic hydroxyl groups is 1. The van der Waals surface area contributed by atoms with E-state index >= 15 is 0 Å². The molecule has 0 aromatic heterocycles. The van der Waals surface area contributed by atoms with Crippen molar-refractivity contribution in [2.45, 2.75) is 33.8 Å². The zero-order valence-corrected chi connectivity index (χ0v) is 11.9. The summed E-state index contributed by atoms with van der Waals surface area (Å²) in [6.07, 6.45) is -0.296. The highest BCUT2D eigenvalue weighted by Crippen LogP contribution is 1.94. The van der Waals surface area contributed by atoms with Gasteiger partial charge in [-0.15, -0.1) is 0 Å². The predicted octanol–water partition coefficient (Wildman–Crippen LogP) is 0.951. The molecule has 0 fully saturated rings. The molecular weight excluding hydrogens is 216 g/mol. The first-order chi connectivity index (χ1) is 8.10. The van der Waals surface area contributed by atoms with E-state index in [4.69, 9.17) is 4.74 Å². The Labute approximate surface area is 106 Å². The molecule has 0 amide bonds. The fourth-order valence-corrected chi connectivity index (χ4v) is 1.62. The summed E-state index contributed by atoms with van der Waals surface area (Å²) in [6.45, 7) is 14.1. The number of aliphatic hydroxyl groups excluding tert-OH is 1. The van der Waals surface area contributed by atoms with Gasteiger partial charge in [0.25, 0.3) is 0 Å². The first-order valence-corrected chi connectivity index (χ1v) is 6.78. The molecule has 17 heavy (non-hydrogen) atoms. The fraction of sp³-hybridized carbons (Fsp3) is 1.00. The molecule has 4 nitrogen and oxygen atoms in total. The van der Waals surface area contributed by atoms with E-state index in [1.165, 1.54) is 0 Å². The van der Waals surface area contributed by atoms with Crippen LogP contribution >= 0.6 is 0 Å². The Bertz CT molecular complexity index is 165. The zero-order chi connectivity index (χ0) is 13.1. The van der Waals surface area contributed by atoms with Crippen molar-refractivity contribution in [1.29, 1.82) is 0 Å². The number of nitrogens with zero attached hydrogens (tertiary/aromatic N) is 1. The maximum atomic E-state index is 9.88. The van der Waals surface area contributed by atoms with Crippen molar-refractivity contribution < 1.29 is 9.84 Å². The average Bonchev–Trinajstić information content (AvgIpc) is 2.27. The first kappa shape index (κ1) is 16.8. The molecule has 0 rings (SSSR count). The topological polar surface area (TPSA) is 44.7 Å². The van der Waals surface area contributed by atoms with Crippen LogP contribution in [0, 0.1) is 5.92 Å². The minimum absolute atomic E-state index is 0.296. The minimum Gasteiger partial charge on any atom is -0.390 e. The summed E-state index contributed by atoms with van der Waals surface area (Å²) < 4.78 is 5.32. The van der Waals surface area contributed by atoms with Gasteiger partial charge in [0.05, 0.1) is 12.7 Å². The molecule has 0 aliphatic carbocycles. The van der Waals surface area contributed by atoms with Gasteiger partial charge in [-0.25, -0.2) is 0 Å². The summed E-state index contributed by atoms with van der Waals surface area (Å²) in [6, 6.07) is 0. The maximum Gasteiger partial charge on any atom is 0.0791 e. The van der Waals surface area contributed by atoms with Crippen LogP contribution in [0.2, 0.25) is 0 Å². The van der Waals surface area contributed by atoms with Crippen molar-refractivity contribution >= 4 is 0 Å². The largest absolute Gasteiger partial charge is 0.390 e. The molecule has 0 spiro atoms. The summed E-state index contributed by atoms with van der Waals surface area (Å²) in [4.78, 5) is 2.22. The number of rotatable bonds is 11. The molecule has 2 N–H and O–H groups in total. The molecule has 0 saturated heterocycles. The van der Waals surface area contributed by atoms with Crippen molar-refractivity contribution in [3.63, 3.8) is 0 Å². The lowest BCUT2D eigenvalue weighted by Gasteiger charge is -2.23. The van der Waals surface area contributed by atoms with E-state index in [9.17, 15) is 5.11 Å². The molecule has 1 atom stereocenters. The van der Waals surface area contributed by atoms with Gasteiger partial charge in [-0.3, -0.25) is 4.90 Å². The third-order valence-corrected chi connectivity index (χ3v) is 2.60. The van der Waals surface area contributed by atoms with Crippen molar-refractivity contribution in [1.82, 2.24) is 10.2 Å². The van der Waals surface area contributed by atoms with Gasteiger partial charge in [0.2, 0.25) is 0 Å². The summed E-state index contributed by atoms with van der Waals surface area (Å²) in [7, 11) is 0. The second-order valence-corrected chi connectivity index (χ2v) is 4.80. The molecule has 0 aromatic carbocycles. The van der Waals surface area contributed by atoms with Gasteiger partial charge in [0, 0.05) is 26.2 Å². The van der Waals surface area contributed by atoms with E-state index < -0.39 is 0 Å². The summed E-state index contributed by atoms with van der Waals surface area (Å²) in [5.41, 5.74) is 0. The molecule has 1 unspecified atom stereocenters. The van der Waals surface area contributed by atoms with Crippen LogP contribution in [-0.2, 0) is 4.74 Å². The Morgan fingerprint density at radius 1 is 1.24 bits per heavy atom. The normalized spacial score (nSPS) is 13.6. The van der Waals surface area contributed by atoms with Gasteiger partial charge < -0.3 is 15.2 Å². The van der Waals surface area contributed by atoms with Crippen LogP contribution in [0.3, 0.4) is 0 Å². The van der Waals surface area contributed by atoms with Crippen LogP contribution in [0.4, 0.5) is 0 Å². The van der Waals surface area contributed by atoms with Crippen LogP contribution in [0.15, 0.2) is 0 Å². The van der Waals surface area contributed by atoms with E-state index in [0.29, 0.717) is 19.0 Å². The first-order valence-electron chi connectivity index (χ1n) is 6.78. The Balaban J connectivity index is 3.62. The highest BCUT2D eigenvalue weighted by molar-refractivity contribution is 4.66. The van der Waals surface area contributed by atoms with E-state index in [1.807, 2.05) is 6.92 Å². The Hall–Kier alpha value is -0.160. The van der Waals surface area contributed by atoms with Crippen molar-refractivity contribution in [2.24, 2.45) is 5.92 Å². The molecule has 0 radical (unpaired) electrons. The highest BCUT2D eigenvalue weighted by Gasteiger charge is 2.09. The standard InChI is InChI=1S/C13H30N2O2/c1-5-15(7-8-17-6-2)11-13(16)10-14-9-12(3)4/h12-14,16H,5-11H2,1-4H3. The van der Waals surface area contributed by atoms with E-state index in [1.54, 1.807) is 0 Å². The lowest BCUT2D eigenvalue weighted by Crippen LogP contribution is -2.40. The molecule has 0 saturated carbocycles. The molecule has 4 heteroatoms. The molecular formula is C13H30N2O2. The quantitative estimate of drug-likeness (QED) is 0.533. The third kappa shape index (κ3) is 10.7. The smallest absolute Gasteiger partial charge is 0.0791 e. The summed E-state index contributed by atoms with van der Waals surface area (Å²) in [5.74, 6) is 0.627. The van der Waals surface area contributed by atoms with Crippen LogP contribution in [0.25, 0.3) is 0 Å². The lowest BCUT2D eigenvalue weighted by atomic mass is 10.2. The number of likely N-dealkylation sites (N-methyl/N-ethyl adjacent to an activating group) is 1. The third-order valence-electron chi connectivity index (χ3n) is 2.60. The van der Waals surface area contributed by atoms with Gasteiger partial charge in [-0.05, 0) is 25.9 Å². The number of nitrogens with one attached hydrogen (secondary N) is 1. The fourth-order valence-electron chi connectivity index (χ4n) is 1.62. The van der Waals surface area contributed by atoms with Crippen LogP contribution in [0.1, 0.15) is 27.7 Å². The monoisotopic (exact) mass is 246 g/mol. The van der Waals surface area contributed by atoms with Gasteiger partial charge in [-0.2, -0.15) is 0 Å². The van der Waals surface area contributed by atoms with E-state index in [0.717, 1.165) is 32.8 Å². The van der Waals surface area contributed by atoms with Crippen molar-refractivity contribution in [3.8, 4) is 0 Å². The molecule has 0 aliphatic rings. The van der Waals surface area contributed by atoms with E-state index in [2.05, 4.69) is 31.0 Å². The lowest BCUT2D eigenvalue weighted by molar-refractivity contribution is 0.0788. The summed E-state index contributed by atoms with van der Waals surface area (Å²) in [5, 5.41) is 13.1. The van der Waals surface area contributed by atoms with Crippen molar-refractivity contribution in [2.75, 3.05) is 45.9 Å². The van der Waals surface area contributed by atoms with Gasteiger partial charge in [-0.1, -0.05) is 20.8 Å². The van der Waals surface area contributed by atoms with Gasteiger partial charge >= 0.3 is 0 Å². The number of hydrogen-bond acceptors (Lipinski definition) is 4. The van der Waals surface area contributed by atoms with Crippen LogP contribution in [-0.4, -0.2) is 62.0 Å². The van der Waals surface area contributed by atoms with Crippen LogP contribution < -0.4 is 5.32 Å². The SMILES string of the molecule is CCOCCN(CC)CC(O)CNCC(C)C. The molecule has 0 heterocycles. The van der Waals surface area contributed by atoms with E-state index in [-0.39, 0.29) is 6.10 Å². The van der Waals surface area contributed by atoms with Crippen molar-refractivity contribution in [3.05, 3.63) is 0 Å². The summed E-state index contributed by atoms with van der Waals surface area (Å²) >= 11 is 0. The second-order valence-electron chi connectivity index (χ2n) is 4.80. The predicted molar refractivity (Wildman–Crippen MR) is 72.3 cm³/mol. The molecule has 0 aromatic rings. The number of hydrogen-bond donors (Lipinski definition) is 2. The van der Waals surface area contributed by atoms with Gasteiger partial charge in [0.1, 0.15) is 0 Å². The molecule has 0 aliphatic heterocycles.